The first kappa shape index (κ1) is 17.0. The third-order valence-corrected chi connectivity index (χ3v) is 5.82. The molecule has 0 bridgehead atoms. The molecule has 2 unspecified atom stereocenters. The summed E-state index contributed by atoms with van der Waals surface area (Å²) in [5.74, 6) is 0.258. The fraction of sp³-hybridized carbons (Fsp3) is 0.643. The molecule has 1 aliphatic carbocycles. The van der Waals surface area contributed by atoms with E-state index in [4.69, 9.17) is 10.2 Å². The van der Waals surface area contributed by atoms with Crippen LogP contribution >= 0.6 is 0 Å². The molecule has 124 valence electrons. The first-order valence-electron chi connectivity index (χ1n) is 7.31. The standard InChI is InChI=1S/C14H23N3O4S/c1-9-11(7-13(21-9)22(19,20)17(2)3)14(18)16-12-6-4-5-10(12)8-15/h7,10,12H,4-6,8,15H2,1-3H3,(H,16,18). The Hall–Kier alpha value is -1.38. The predicted octanol–water partition coefficient (Wildman–Crippen LogP) is 0.696. The fourth-order valence-electron chi connectivity index (χ4n) is 2.74. The molecule has 7 nitrogen and oxygen atoms in total. The van der Waals surface area contributed by atoms with Crippen molar-refractivity contribution in [3.8, 4) is 0 Å². The van der Waals surface area contributed by atoms with E-state index in [1.54, 1.807) is 6.92 Å². The number of nitrogens with two attached hydrogens (primary N) is 1. The topological polar surface area (TPSA) is 106 Å². The smallest absolute Gasteiger partial charge is 0.275 e. The Labute approximate surface area is 130 Å². The zero-order valence-corrected chi connectivity index (χ0v) is 13.9. The molecular weight excluding hydrogens is 306 g/mol. The van der Waals surface area contributed by atoms with Crippen LogP contribution in [-0.4, -0.2) is 45.3 Å². The molecule has 3 N–H and O–H groups in total. The molecular formula is C14H23N3O4S. The molecule has 1 aromatic rings. The number of furan rings is 1. The lowest BCUT2D eigenvalue weighted by molar-refractivity contribution is 0.0927. The number of hydrogen-bond donors (Lipinski definition) is 2. The highest BCUT2D eigenvalue weighted by Crippen LogP contribution is 2.26. The molecule has 0 saturated heterocycles. The van der Waals surface area contributed by atoms with Gasteiger partial charge in [-0.3, -0.25) is 4.79 Å². The molecule has 22 heavy (non-hydrogen) atoms. The van der Waals surface area contributed by atoms with Gasteiger partial charge < -0.3 is 15.5 Å². The number of carbonyl (C=O) groups excluding carboxylic acids is 1. The minimum atomic E-state index is -3.69. The van der Waals surface area contributed by atoms with Gasteiger partial charge in [0.2, 0.25) is 5.09 Å². The summed E-state index contributed by atoms with van der Waals surface area (Å²) in [4.78, 5) is 12.4. The monoisotopic (exact) mass is 329 g/mol. The van der Waals surface area contributed by atoms with Crippen LogP contribution in [0.4, 0.5) is 0 Å². The highest BCUT2D eigenvalue weighted by atomic mass is 32.2. The number of nitrogens with one attached hydrogen (secondary N) is 1. The van der Waals surface area contributed by atoms with Gasteiger partial charge in [0.05, 0.1) is 5.56 Å². The van der Waals surface area contributed by atoms with Crippen molar-refractivity contribution in [2.24, 2.45) is 11.7 Å². The van der Waals surface area contributed by atoms with E-state index in [0.29, 0.717) is 12.3 Å². The summed E-state index contributed by atoms with van der Waals surface area (Å²) in [5, 5.41) is 2.72. The Morgan fingerprint density at radius 2 is 2.14 bits per heavy atom. The van der Waals surface area contributed by atoms with Crippen molar-refractivity contribution in [2.45, 2.75) is 37.3 Å². The van der Waals surface area contributed by atoms with Crippen LogP contribution in [0.15, 0.2) is 15.6 Å². The highest BCUT2D eigenvalue weighted by Gasteiger charge is 2.30. The van der Waals surface area contributed by atoms with E-state index in [9.17, 15) is 13.2 Å². The molecule has 1 heterocycles. The minimum absolute atomic E-state index is 0.0423. The summed E-state index contributed by atoms with van der Waals surface area (Å²) in [7, 11) is -0.860. The van der Waals surface area contributed by atoms with Crippen molar-refractivity contribution < 1.29 is 17.6 Å². The van der Waals surface area contributed by atoms with Gasteiger partial charge in [0.15, 0.2) is 0 Å². The molecule has 0 aliphatic heterocycles. The Kier molecular flexibility index (Phi) is 4.93. The lowest BCUT2D eigenvalue weighted by atomic mass is 10.0. The molecule has 1 aliphatic rings. The van der Waals surface area contributed by atoms with E-state index in [-0.39, 0.29) is 28.5 Å². The van der Waals surface area contributed by atoms with Gasteiger partial charge >= 0.3 is 0 Å². The SMILES string of the molecule is Cc1oc(S(=O)(=O)N(C)C)cc1C(=O)NC1CCCC1CN. The molecule has 8 heteroatoms. The number of aryl methyl sites for hydroxylation is 1. The Balaban J connectivity index is 2.19. The number of nitrogens with zero attached hydrogens (tertiary/aromatic N) is 1. The third-order valence-electron chi connectivity index (χ3n) is 4.15. The van der Waals surface area contributed by atoms with Gasteiger partial charge in [-0.25, -0.2) is 12.7 Å². The quantitative estimate of drug-likeness (QED) is 0.827. The second-order valence-electron chi connectivity index (χ2n) is 5.83. The average Bonchev–Trinajstić information content (AvgIpc) is 3.04. The van der Waals surface area contributed by atoms with Crippen molar-refractivity contribution in [3.05, 3.63) is 17.4 Å². The number of sulfonamides is 1. The van der Waals surface area contributed by atoms with Gasteiger partial charge in [-0.1, -0.05) is 6.42 Å². The Morgan fingerprint density at radius 3 is 2.73 bits per heavy atom. The summed E-state index contributed by atoms with van der Waals surface area (Å²) in [6, 6.07) is 1.33. The first-order valence-corrected chi connectivity index (χ1v) is 8.75. The second-order valence-corrected chi connectivity index (χ2v) is 7.91. The van der Waals surface area contributed by atoms with Crippen molar-refractivity contribution in [2.75, 3.05) is 20.6 Å². The molecule has 2 atom stereocenters. The summed E-state index contributed by atoms with van der Waals surface area (Å²) in [6.07, 6.45) is 2.94. The molecule has 1 aromatic heterocycles. The van der Waals surface area contributed by atoms with E-state index in [1.807, 2.05) is 0 Å². The maximum absolute atomic E-state index is 12.4. The van der Waals surface area contributed by atoms with E-state index >= 15 is 0 Å². The van der Waals surface area contributed by atoms with Gasteiger partial charge in [-0.05, 0) is 32.2 Å². The maximum atomic E-state index is 12.4. The van der Waals surface area contributed by atoms with Crippen LogP contribution in [0.1, 0.15) is 35.4 Å². The van der Waals surface area contributed by atoms with Gasteiger partial charge in [0.25, 0.3) is 15.9 Å². The minimum Gasteiger partial charge on any atom is -0.448 e. The Morgan fingerprint density at radius 1 is 1.45 bits per heavy atom. The predicted molar refractivity (Wildman–Crippen MR) is 82.0 cm³/mol. The van der Waals surface area contributed by atoms with Gasteiger partial charge in [-0.2, -0.15) is 0 Å². The van der Waals surface area contributed by atoms with Crippen LogP contribution in [0.25, 0.3) is 0 Å². The molecule has 2 rings (SSSR count). The van der Waals surface area contributed by atoms with Crippen LogP contribution in [0, 0.1) is 12.8 Å². The number of carbonyl (C=O) groups is 1. The van der Waals surface area contributed by atoms with Gasteiger partial charge in [0, 0.05) is 26.2 Å². The summed E-state index contributed by atoms with van der Waals surface area (Å²) < 4.78 is 30.4. The largest absolute Gasteiger partial charge is 0.448 e. The zero-order chi connectivity index (χ0) is 16.5. The van der Waals surface area contributed by atoms with Crippen LogP contribution in [0.2, 0.25) is 0 Å². The summed E-state index contributed by atoms with van der Waals surface area (Å²) >= 11 is 0. The zero-order valence-electron chi connectivity index (χ0n) is 13.1. The van der Waals surface area contributed by atoms with Crippen LogP contribution in [-0.2, 0) is 10.0 Å². The van der Waals surface area contributed by atoms with E-state index < -0.39 is 10.0 Å². The molecule has 1 amide bonds. The molecule has 0 radical (unpaired) electrons. The molecule has 0 aromatic carbocycles. The summed E-state index contributed by atoms with van der Waals surface area (Å²) in [5.41, 5.74) is 5.96. The third kappa shape index (κ3) is 3.18. The number of hydrogen-bond acceptors (Lipinski definition) is 5. The fourth-order valence-corrected chi connectivity index (χ4v) is 3.60. The lowest BCUT2D eigenvalue weighted by Crippen LogP contribution is -2.39. The van der Waals surface area contributed by atoms with Crippen molar-refractivity contribution >= 4 is 15.9 Å². The molecule has 0 spiro atoms. The lowest BCUT2D eigenvalue weighted by Gasteiger charge is -2.19. The molecule has 1 saturated carbocycles. The number of rotatable bonds is 5. The van der Waals surface area contributed by atoms with E-state index in [1.165, 1.54) is 20.2 Å². The van der Waals surface area contributed by atoms with Gasteiger partial charge in [-0.15, -0.1) is 0 Å². The first-order chi connectivity index (χ1) is 10.3. The van der Waals surface area contributed by atoms with E-state index in [0.717, 1.165) is 23.6 Å². The van der Waals surface area contributed by atoms with Crippen molar-refractivity contribution in [3.63, 3.8) is 0 Å². The highest BCUT2D eigenvalue weighted by molar-refractivity contribution is 7.88. The van der Waals surface area contributed by atoms with Gasteiger partial charge in [0.1, 0.15) is 5.76 Å². The van der Waals surface area contributed by atoms with Crippen LogP contribution < -0.4 is 11.1 Å². The number of amides is 1. The average molecular weight is 329 g/mol. The van der Waals surface area contributed by atoms with Crippen molar-refractivity contribution in [1.29, 1.82) is 0 Å². The normalized spacial score (nSPS) is 22.2. The van der Waals surface area contributed by atoms with Crippen LogP contribution in [0.5, 0.6) is 0 Å². The maximum Gasteiger partial charge on any atom is 0.275 e. The second kappa shape index (κ2) is 6.39. The summed E-state index contributed by atoms with van der Waals surface area (Å²) in [6.45, 7) is 2.12. The van der Waals surface area contributed by atoms with E-state index in [2.05, 4.69) is 5.32 Å². The molecule has 1 fully saturated rings. The van der Waals surface area contributed by atoms with Crippen LogP contribution in [0.3, 0.4) is 0 Å². The van der Waals surface area contributed by atoms with Crippen molar-refractivity contribution in [1.82, 2.24) is 9.62 Å². The Bertz CT molecular complexity index is 651.